The molecule has 0 atom stereocenters. The summed E-state index contributed by atoms with van der Waals surface area (Å²) in [5.41, 5.74) is 9.04. The van der Waals surface area contributed by atoms with E-state index in [2.05, 4.69) is 22.7 Å². The molecule has 0 saturated heterocycles. The second-order valence-electron chi connectivity index (χ2n) is 4.19. The fraction of sp³-hybridized carbons (Fsp3) is 0.0769. The van der Waals surface area contributed by atoms with E-state index in [-0.39, 0.29) is 10.8 Å². The molecule has 1 aromatic heterocycles. The minimum absolute atomic E-state index is 0.0593. The van der Waals surface area contributed by atoms with Crippen molar-refractivity contribution in [1.82, 2.24) is 5.43 Å². The molecule has 2 rings (SSSR count). The van der Waals surface area contributed by atoms with E-state index in [1.54, 1.807) is 31.2 Å². The van der Waals surface area contributed by atoms with Crippen LogP contribution in [0, 0.1) is 17.0 Å². The number of rotatable bonds is 4. The van der Waals surface area contributed by atoms with Crippen LogP contribution in [-0.2, 0) is 0 Å². The third-order valence-corrected chi connectivity index (χ3v) is 2.76. The van der Waals surface area contributed by atoms with Crippen molar-refractivity contribution in [2.24, 2.45) is 10.8 Å². The lowest BCUT2D eigenvalue weighted by Crippen LogP contribution is -2.23. The van der Waals surface area contributed by atoms with Gasteiger partial charge in [0.1, 0.15) is 11.5 Å². The molecule has 0 aliphatic rings. The SMILES string of the molecule is Cc1cc(-c2ccc(C=NNC(N)=S)o2)ccc1[N+](=O)[O-]. The number of thiocarbonyl (C=S) groups is 1. The van der Waals surface area contributed by atoms with Gasteiger partial charge in [0.15, 0.2) is 5.11 Å². The Morgan fingerprint density at radius 2 is 2.24 bits per heavy atom. The highest BCUT2D eigenvalue weighted by atomic mass is 32.1. The van der Waals surface area contributed by atoms with Crippen molar-refractivity contribution in [1.29, 1.82) is 0 Å². The van der Waals surface area contributed by atoms with E-state index in [1.165, 1.54) is 12.3 Å². The van der Waals surface area contributed by atoms with E-state index in [4.69, 9.17) is 10.2 Å². The van der Waals surface area contributed by atoms with E-state index >= 15 is 0 Å². The van der Waals surface area contributed by atoms with Crippen LogP contribution in [-0.4, -0.2) is 16.3 Å². The normalized spacial score (nSPS) is 10.7. The Bertz CT molecular complexity index is 724. The second-order valence-corrected chi connectivity index (χ2v) is 4.63. The maximum absolute atomic E-state index is 10.8. The Balaban J connectivity index is 2.21. The van der Waals surface area contributed by atoms with Crippen LogP contribution < -0.4 is 11.2 Å². The zero-order chi connectivity index (χ0) is 15.4. The van der Waals surface area contributed by atoms with Gasteiger partial charge in [-0.15, -0.1) is 0 Å². The van der Waals surface area contributed by atoms with Crippen LogP contribution in [0.4, 0.5) is 5.69 Å². The average Bonchev–Trinajstić information content (AvgIpc) is 2.86. The molecule has 0 radical (unpaired) electrons. The number of hydrazone groups is 1. The zero-order valence-corrected chi connectivity index (χ0v) is 11.9. The molecule has 0 fully saturated rings. The van der Waals surface area contributed by atoms with Gasteiger partial charge in [-0.3, -0.25) is 15.5 Å². The zero-order valence-electron chi connectivity index (χ0n) is 11.1. The van der Waals surface area contributed by atoms with Crippen molar-refractivity contribution in [3.8, 4) is 11.3 Å². The lowest BCUT2D eigenvalue weighted by atomic mass is 10.1. The van der Waals surface area contributed by atoms with E-state index in [0.29, 0.717) is 17.1 Å². The smallest absolute Gasteiger partial charge is 0.272 e. The summed E-state index contributed by atoms with van der Waals surface area (Å²) in [6, 6.07) is 8.26. The predicted molar refractivity (Wildman–Crippen MR) is 83.1 cm³/mol. The molecule has 108 valence electrons. The number of nitrogens with one attached hydrogen (secondary N) is 1. The van der Waals surface area contributed by atoms with Crippen molar-refractivity contribution in [2.45, 2.75) is 6.92 Å². The first-order chi connectivity index (χ1) is 9.97. The largest absolute Gasteiger partial charge is 0.455 e. The number of furan rings is 1. The fourth-order valence-electron chi connectivity index (χ4n) is 1.75. The van der Waals surface area contributed by atoms with Crippen LogP contribution in [0.5, 0.6) is 0 Å². The summed E-state index contributed by atoms with van der Waals surface area (Å²) in [5.74, 6) is 1.09. The van der Waals surface area contributed by atoms with Crippen LogP contribution in [0.15, 0.2) is 39.9 Å². The molecule has 2 aromatic rings. The fourth-order valence-corrected chi connectivity index (χ4v) is 1.80. The predicted octanol–water partition coefficient (Wildman–Crippen LogP) is 2.33. The monoisotopic (exact) mass is 304 g/mol. The average molecular weight is 304 g/mol. The lowest BCUT2D eigenvalue weighted by molar-refractivity contribution is -0.385. The first-order valence-corrected chi connectivity index (χ1v) is 6.32. The van der Waals surface area contributed by atoms with Gasteiger partial charge in [0.2, 0.25) is 0 Å². The van der Waals surface area contributed by atoms with Crippen molar-refractivity contribution >= 4 is 29.2 Å². The standard InChI is InChI=1S/C13H12N4O3S/c1-8-6-9(2-4-11(8)17(18)19)12-5-3-10(20-12)7-15-16-13(14)21/h2-7H,1H3,(H3,14,16,21). The van der Waals surface area contributed by atoms with Gasteiger partial charge < -0.3 is 10.2 Å². The number of nitro groups is 1. The van der Waals surface area contributed by atoms with Gasteiger partial charge in [0.05, 0.1) is 11.1 Å². The van der Waals surface area contributed by atoms with Gasteiger partial charge in [0, 0.05) is 17.2 Å². The quantitative estimate of drug-likeness (QED) is 0.388. The summed E-state index contributed by atoms with van der Waals surface area (Å²) in [4.78, 5) is 10.4. The molecule has 0 saturated carbocycles. The van der Waals surface area contributed by atoms with Gasteiger partial charge in [-0.25, -0.2) is 0 Å². The maximum atomic E-state index is 10.8. The van der Waals surface area contributed by atoms with Crippen molar-refractivity contribution in [3.05, 3.63) is 51.8 Å². The van der Waals surface area contributed by atoms with Crippen LogP contribution in [0.2, 0.25) is 0 Å². The number of aryl methyl sites for hydroxylation is 1. The molecular formula is C13H12N4O3S. The van der Waals surface area contributed by atoms with Gasteiger partial charge in [-0.05, 0) is 43.4 Å². The summed E-state index contributed by atoms with van der Waals surface area (Å²) in [5, 5.41) is 14.6. The first kappa shape index (κ1) is 14.7. The molecular weight excluding hydrogens is 292 g/mol. The molecule has 0 aliphatic carbocycles. The molecule has 8 heteroatoms. The van der Waals surface area contributed by atoms with Crippen molar-refractivity contribution in [2.75, 3.05) is 0 Å². The topological polar surface area (TPSA) is 107 Å². The summed E-state index contributed by atoms with van der Waals surface area (Å²) >= 11 is 4.61. The Morgan fingerprint density at radius 1 is 1.48 bits per heavy atom. The van der Waals surface area contributed by atoms with Crippen LogP contribution >= 0.6 is 12.2 Å². The highest BCUT2D eigenvalue weighted by molar-refractivity contribution is 7.80. The number of nitrogens with two attached hydrogens (primary N) is 1. The number of benzene rings is 1. The second kappa shape index (κ2) is 6.14. The van der Waals surface area contributed by atoms with E-state index in [1.807, 2.05) is 0 Å². The molecule has 0 spiro atoms. The molecule has 0 bridgehead atoms. The summed E-state index contributed by atoms with van der Waals surface area (Å²) in [7, 11) is 0. The van der Waals surface area contributed by atoms with Crippen molar-refractivity contribution in [3.63, 3.8) is 0 Å². The highest BCUT2D eigenvalue weighted by Crippen LogP contribution is 2.27. The molecule has 21 heavy (non-hydrogen) atoms. The van der Waals surface area contributed by atoms with Gasteiger partial charge in [-0.1, -0.05) is 0 Å². The third kappa shape index (κ3) is 3.63. The van der Waals surface area contributed by atoms with Crippen LogP contribution in [0.1, 0.15) is 11.3 Å². The molecule has 0 unspecified atom stereocenters. The van der Waals surface area contributed by atoms with Crippen LogP contribution in [0.25, 0.3) is 11.3 Å². The Hall–Kier alpha value is -2.74. The molecule has 3 N–H and O–H groups in total. The molecule has 1 heterocycles. The van der Waals surface area contributed by atoms with Gasteiger partial charge in [0.25, 0.3) is 5.69 Å². The summed E-state index contributed by atoms with van der Waals surface area (Å²) in [6.45, 7) is 1.68. The number of hydrogen-bond acceptors (Lipinski definition) is 5. The maximum Gasteiger partial charge on any atom is 0.272 e. The van der Waals surface area contributed by atoms with Gasteiger partial charge in [-0.2, -0.15) is 5.10 Å². The van der Waals surface area contributed by atoms with Crippen molar-refractivity contribution < 1.29 is 9.34 Å². The molecule has 0 aliphatic heterocycles. The van der Waals surface area contributed by atoms with E-state index in [0.717, 1.165) is 5.56 Å². The minimum Gasteiger partial charge on any atom is -0.455 e. The Labute approximate surface area is 125 Å². The molecule has 0 amide bonds. The third-order valence-electron chi connectivity index (χ3n) is 2.67. The first-order valence-electron chi connectivity index (χ1n) is 5.91. The number of nitrogens with zero attached hydrogens (tertiary/aromatic N) is 2. The summed E-state index contributed by atoms with van der Waals surface area (Å²) < 4.78 is 5.56. The molecule has 1 aromatic carbocycles. The molecule has 7 nitrogen and oxygen atoms in total. The summed E-state index contributed by atoms with van der Waals surface area (Å²) in [6.07, 6.45) is 1.43. The van der Waals surface area contributed by atoms with Crippen LogP contribution in [0.3, 0.4) is 0 Å². The van der Waals surface area contributed by atoms with E-state index < -0.39 is 4.92 Å². The number of hydrogen-bond donors (Lipinski definition) is 2. The lowest BCUT2D eigenvalue weighted by Gasteiger charge is -2.00. The Kier molecular flexibility index (Phi) is 4.29. The number of nitro benzene ring substituents is 1. The highest BCUT2D eigenvalue weighted by Gasteiger charge is 2.12. The van der Waals surface area contributed by atoms with E-state index in [9.17, 15) is 10.1 Å². The van der Waals surface area contributed by atoms with Gasteiger partial charge >= 0.3 is 0 Å². The minimum atomic E-state index is -0.416. The Morgan fingerprint density at radius 3 is 2.86 bits per heavy atom.